The van der Waals surface area contributed by atoms with E-state index in [1.54, 1.807) is 24.3 Å². The van der Waals surface area contributed by atoms with Crippen molar-refractivity contribution in [3.8, 4) is 5.75 Å². The number of ether oxygens (including phenoxy) is 1. The maximum atomic E-state index is 12.0. The Bertz CT molecular complexity index is 533. The van der Waals surface area contributed by atoms with Gasteiger partial charge in [-0.3, -0.25) is 9.59 Å². The highest BCUT2D eigenvalue weighted by molar-refractivity contribution is 6.39. The minimum Gasteiger partial charge on any atom is -0.495 e. The average Bonchev–Trinajstić information content (AvgIpc) is 3.00. The summed E-state index contributed by atoms with van der Waals surface area (Å²) in [7, 11) is 1.52. The number of hydrogen-bond donors (Lipinski definition) is 3. The van der Waals surface area contributed by atoms with Gasteiger partial charge < -0.3 is 20.3 Å². The number of hydrogen-bond acceptors (Lipinski definition) is 3. The lowest BCUT2D eigenvalue weighted by molar-refractivity contribution is -0.909. The molecule has 6 heteroatoms. The fourth-order valence-corrected chi connectivity index (χ4v) is 2.92. The summed E-state index contributed by atoms with van der Waals surface area (Å²) < 4.78 is 5.15. The minimum absolute atomic E-state index is 0.410. The van der Waals surface area contributed by atoms with Crippen LogP contribution in [0.2, 0.25) is 0 Å². The molecule has 1 fully saturated rings. The van der Waals surface area contributed by atoms with Gasteiger partial charge in [0, 0.05) is 12.8 Å². The van der Waals surface area contributed by atoms with E-state index in [-0.39, 0.29) is 0 Å². The van der Waals surface area contributed by atoms with Gasteiger partial charge in [0.25, 0.3) is 0 Å². The molecule has 1 aromatic rings. The third kappa shape index (κ3) is 3.98. The van der Waals surface area contributed by atoms with E-state index in [4.69, 9.17) is 4.74 Å². The number of quaternary nitrogens is 1. The Kier molecular flexibility index (Phi) is 5.77. The molecule has 0 radical (unpaired) electrons. The largest absolute Gasteiger partial charge is 0.495 e. The number of nitrogens with one attached hydrogen (secondary N) is 3. The summed E-state index contributed by atoms with van der Waals surface area (Å²) in [6.07, 6.45) is 2.27. The van der Waals surface area contributed by atoms with Crippen LogP contribution in [-0.2, 0) is 9.59 Å². The summed E-state index contributed by atoms with van der Waals surface area (Å²) in [5.41, 5.74) is 0.492. The lowest BCUT2D eigenvalue weighted by Gasteiger charge is -2.20. The van der Waals surface area contributed by atoms with Gasteiger partial charge in [-0.05, 0) is 19.1 Å². The molecular weight excluding hydrogens is 282 g/mol. The summed E-state index contributed by atoms with van der Waals surface area (Å²) in [6, 6.07) is 7.42. The summed E-state index contributed by atoms with van der Waals surface area (Å²) in [4.78, 5) is 25.4. The predicted molar refractivity (Wildman–Crippen MR) is 84.0 cm³/mol. The highest BCUT2D eigenvalue weighted by atomic mass is 16.5. The third-order valence-electron chi connectivity index (χ3n) is 4.15. The zero-order valence-electron chi connectivity index (χ0n) is 13.1. The van der Waals surface area contributed by atoms with Gasteiger partial charge in [-0.15, -0.1) is 0 Å². The SMILES string of the molecule is CC[NH+]1CCC[C@@H]1CNC(=O)C(=O)Nc1ccccc1OC. The van der Waals surface area contributed by atoms with E-state index < -0.39 is 11.8 Å². The van der Waals surface area contributed by atoms with Crippen molar-refractivity contribution in [1.29, 1.82) is 0 Å². The lowest BCUT2D eigenvalue weighted by Crippen LogP contribution is -3.14. The quantitative estimate of drug-likeness (QED) is 0.661. The number of amides is 2. The van der Waals surface area contributed by atoms with Crippen LogP contribution in [0.5, 0.6) is 5.75 Å². The molecule has 0 bridgehead atoms. The Morgan fingerprint density at radius 3 is 2.82 bits per heavy atom. The first kappa shape index (κ1) is 16.3. The van der Waals surface area contributed by atoms with Crippen LogP contribution < -0.4 is 20.3 Å². The van der Waals surface area contributed by atoms with Gasteiger partial charge in [0.15, 0.2) is 0 Å². The molecule has 2 atom stereocenters. The summed E-state index contributed by atoms with van der Waals surface area (Å²) in [5.74, 6) is -0.741. The first-order valence-electron chi connectivity index (χ1n) is 7.72. The maximum Gasteiger partial charge on any atom is 0.313 e. The van der Waals surface area contributed by atoms with E-state index in [0.717, 1.165) is 19.5 Å². The van der Waals surface area contributed by atoms with Gasteiger partial charge in [0.05, 0.1) is 32.4 Å². The van der Waals surface area contributed by atoms with Gasteiger partial charge in [-0.2, -0.15) is 0 Å². The normalized spacial score (nSPS) is 20.5. The molecule has 2 rings (SSSR count). The molecule has 0 spiro atoms. The standard InChI is InChI=1S/C16H23N3O3/c1-3-19-10-6-7-12(19)11-17-15(20)16(21)18-13-8-4-5-9-14(13)22-2/h4-5,8-9,12H,3,6-7,10-11H2,1-2H3,(H,17,20)(H,18,21)/p+1/t12-/m1/s1. The van der Waals surface area contributed by atoms with E-state index in [2.05, 4.69) is 17.6 Å². The van der Waals surface area contributed by atoms with Crippen molar-refractivity contribution in [3.63, 3.8) is 0 Å². The molecular formula is C16H24N3O3+. The van der Waals surface area contributed by atoms with Crippen LogP contribution in [0, 0.1) is 0 Å². The Hall–Kier alpha value is -2.08. The Morgan fingerprint density at radius 1 is 1.32 bits per heavy atom. The van der Waals surface area contributed by atoms with Gasteiger partial charge in [-0.25, -0.2) is 0 Å². The van der Waals surface area contributed by atoms with Crippen LogP contribution in [0.4, 0.5) is 5.69 Å². The van der Waals surface area contributed by atoms with E-state index in [1.165, 1.54) is 18.4 Å². The number of carbonyl (C=O) groups is 2. The first-order chi connectivity index (χ1) is 10.7. The van der Waals surface area contributed by atoms with Crippen molar-refractivity contribution in [3.05, 3.63) is 24.3 Å². The van der Waals surface area contributed by atoms with Gasteiger partial charge in [-0.1, -0.05) is 12.1 Å². The second-order valence-electron chi connectivity index (χ2n) is 5.47. The van der Waals surface area contributed by atoms with Crippen molar-refractivity contribution in [2.75, 3.05) is 32.1 Å². The van der Waals surface area contributed by atoms with E-state index in [9.17, 15) is 9.59 Å². The maximum absolute atomic E-state index is 12.0. The molecule has 1 unspecified atom stereocenters. The summed E-state index contributed by atoms with van der Waals surface area (Å²) >= 11 is 0. The fourth-order valence-electron chi connectivity index (χ4n) is 2.92. The van der Waals surface area contributed by atoms with Crippen molar-refractivity contribution in [2.45, 2.75) is 25.8 Å². The second kappa shape index (κ2) is 7.79. The van der Waals surface area contributed by atoms with Crippen molar-refractivity contribution < 1.29 is 19.2 Å². The van der Waals surface area contributed by atoms with Crippen LogP contribution >= 0.6 is 0 Å². The zero-order valence-corrected chi connectivity index (χ0v) is 13.1. The number of para-hydroxylation sites is 2. The van der Waals surface area contributed by atoms with Gasteiger partial charge >= 0.3 is 11.8 Å². The van der Waals surface area contributed by atoms with Crippen molar-refractivity contribution in [2.24, 2.45) is 0 Å². The van der Waals surface area contributed by atoms with Crippen molar-refractivity contribution in [1.82, 2.24) is 5.32 Å². The molecule has 1 aliphatic rings. The number of benzene rings is 1. The Labute approximate surface area is 130 Å². The smallest absolute Gasteiger partial charge is 0.313 e. The van der Waals surface area contributed by atoms with Crippen LogP contribution in [0.15, 0.2) is 24.3 Å². The highest BCUT2D eigenvalue weighted by Gasteiger charge is 2.28. The molecule has 0 aromatic heterocycles. The monoisotopic (exact) mass is 306 g/mol. The fraction of sp³-hybridized carbons (Fsp3) is 0.500. The van der Waals surface area contributed by atoms with Gasteiger partial charge in [0.1, 0.15) is 11.8 Å². The van der Waals surface area contributed by atoms with Crippen LogP contribution in [-0.4, -0.2) is 44.6 Å². The Balaban J connectivity index is 1.86. The number of likely N-dealkylation sites (N-methyl/N-ethyl adjacent to an activating group) is 1. The number of anilines is 1. The first-order valence-corrected chi connectivity index (χ1v) is 7.72. The van der Waals surface area contributed by atoms with E-state index in [0.29, 0.717) is 24.0 Å². The highest BCUT2D eigenvalue weighted by Crippen LogP contribution is 2.22. The number of rotatable bonds is 5. The van der Waals surface area contributed by atoms with E-state index >= 15 is 0 Å². The van der Waals surface area contributed by atoms with E-state index in [1.807, 2.05) is 0 Å². The van der Waals surface area contributed by atoms with Gasteiger partial charge in [0.2, 0.25) is 0 Å². The minimum atomic E-state index is -0.666. The topological polar surface area (TPSA) is 71.9 Å². The molecule has 1 aliphatic heterocycles. The lowest BCUT2D eigenvalue weighted by atomic mass is 10.2. The molecule has 3 N–H and O–H groups in total. The number of likely N-dealkylation sites (tertiary alicyclic amines) is 1. The summed E-state index contributed by atoms with van der Waals surface area (Å²) in [6.45, 7) is 4.88. The average molecular weight is 306 g/mol. The molecule has 1 aromatic carbocycles. The van der Waals surface area contributed by atoms with Crippen LogP contribution in [0.3, 0.4) is 0 Å². The van der Waals surface area contributed by atoms with Crippen LogP contribution in [0.25, 0.3) is 0 Å². The predicted octanol–water partition coefficient (Wildman–Crippen LogP) is -0.183. The summed E-state index contributed by atoms with van der Waals surface area (Å²) in [5, 5.41) is 5.31. The molecule has 0 aliphatic carbocycles. The molecule has 1 heterocycles. The van der Waals surface area contributed by atoms with Crippen molar-refractivity contribution >= 4 is 17.5 Å². The molecule has 0 saturated carbocycles. The Morgan fingerprint density at radius 2 is 2.09 bits per heavy atom. The molecule has 6 nitrogen and oxygen atoms in total. The number of methoxy groups -OCH3 is 1. The number of carbonyl (C=O) groups excluding carboxylic acids is 2. The molecule has 120 valence electrons. The zero-order chi connectivity index (χ0) is 15.9. The van der Waals surface area contributed by atoms with Crippen LogP contribution in [0.1, 0.15) is 19.8 Å². The molecule has 2 amide bonds. The molecule has 22 heavy (non-hydrogen) atoms. The second-order valence-corrected chi connectivity index (χ2v) is 5.47. The molecule has 1 saturated heterocycles. The third-order valence-corrected chi connectivity index (χ3v) is 4.15.